The number of aromatic nitrogens is 2. The van der Waals surface area contributed by atoms with Crippen LogP contribution in [0.3, 0.4) is 0 Å². The third-order valence-corrected chi connectivity index (χ3v) is 6.39. The van der Waals surface area contributed by atoms with Gasteiger partial charge in [0.25, 0.3) is 0 Å². The predicted molar refractivity (Wildman–Crippen MR) is 138 cm³/mol. The van der Waals surface area contributed by atoms with Gasteiger partial charge in [-0.1, -0.05) is 24.3 Å². The van der Waals surface area contributed by atoms with E-state index in [0.29, 0.717) is 16.4 Å². The molecule has 35 heavy (non-hydrogen) atoms. The van der Waals surface area contributed by atoms with Crippen molar-refractivity contribution in [2.24, 2.45) is 0 Å². The van der Waals surface area contributed by atoms with E-state index in [1.165, 1.54) is 7.11 Å². The molecule has 0 spiro atoms. The van der Waals surface area contributed by atoms with Gasteiger partial charge in [-0.15, -0.1) is 0 Å². The monoisotopic (exact) mass is 484 g/mol. The third kappa shape index (κ3) is 4.13. The maximum Gasteiger partial charge on any atom is 0.337 e. The summed E-state index contributed by atoms with van der Waals surface area (Å²) in [7, 11) is 3.03. The highest BCUT2D eigenvalue weighted by molar-refractivity contribution is 7.80. The first-order chi connectivity index (χ1) is 17.1. The van der Waals surface area contributed by atoms with Gasteiger partial charge in [-0.2, -0.15) is 0 Å². The van der Waals surface area contributed by atoms with Crippen molar-refractivity contribution in [1.82, 2.24) is 14.9 Å². The Kier molecular flexibility index (Phi) is 6.20. The van der Waals surface area contributed by atoms with Crippen molar-refractivity contribution in [2.75, 3.05) is 19.1 Å². The standard InChI is InChI=1S/C27H24N4O3S/c1-33-23-14-4-3-12-21(23)31-25(24(29-27(31)35)20-11-5-6-15-28-20)22-13-8-16-30(22)19-10-7-9-18(17-19)26(32)34-2/h3-17,24-25H,1-2H3,(H,29,35)/t24-,25+/m0/s1. The molecule has 2 aromatic carbocycles. The lowest BCUT2D eigenvalue weighted by molar-refractivity contribution is 0.0600. The van der Waals surface area contributed by atoms with Crippen molar-refractivity contribution in [1.29, 1.82) is 0 Å². The maximum atomic E-state index is 12.2. The fraction of sp³-hybridized carbons (Fsp3) is 0.148. The van der Waals surface area contributed by atoms with Gasteiger partial charge in [0, 0.05) is 23.8 Å². The van der Waals surface area contributed by atoms with Gasteiger partial charge in [-0.25, -0.2) is 4.79 Å². The molecular formula is C27H24N4O3S. The summed E-state index contributed by atoms with van der Waals surface area (Å²) in [4.78, 5) is 18.9. The number of nitrogens with zero attached hydrogens (tertiary/aromatic N) is 3. The molecule has 5 rings (SSSR count). The Hall–Kier alpha value is -4.17. The van der Waals surface area contributed by atoms with Gasteiger partial charge in [-0.05, 0) is 66.8 Å². The first kappa shape index (κ1) is 22.6. The third-order valence-electron chi connectivity index (χ3n) is 6.07. The number of rotatable bonds is 6. The van der Waals surface area contributed by atoms with Gasteiger partial charge >= 0.3 is 5.97 Å². The minimum Gasteiger partial charge on any atom is -0.495 e. The Morgan fingerprint density at radius 1 is 1.00 bits per heavy atom. The number of esters is 1. The quantitative estimate of drug-likeness (QED) is 0.310. The molecule has 1 fully saturated rings. The molecule has 0 aliphatic carbocycles. The number of methoxy groups -OCH3 is 2. The second-order valence-electron chi connectivity index (χ2n) is 8.01. The van der Waals surface area contributed by atoms with E-state index in [9.17, 15) is 4.79 Å². The Morgan fingerprint density at radius 3 is 2.60 bits per heavy atom. The molecule has 0 bridgehead atoms. The van der Waals surface area contributed by atoms with Crippen LogP contribution in [0.25, 0.3) is 5.69 Å². The van der Waals surface area contributed by atoms with Gasteiger partial charge in [-0.3, -0.25) is 4.98 Å². The summed E-state index contributed by atoms with van der Waals surface area (Å²) >= 11 is 5.85. The molecule has 176 valence electrons. The van der Waals surface area contributed by atoms with Gasteiger partial charge in [0.1, 0.15) is 11.8 Å². The first-order valence-electron chi connectivity index (χ1n) is 11.1. The van der Waals surface area contributed by atoms with Crippen molar-refractivity contribution in [3.8, 4) is 11.4 Å². The number of hydrogen-bond donors (Lipinski definition) is 1. The second-order valence-corrected chi connectivity index (χ2v) is 8.40. The van der Waals surface area contributed by atoms with E-state index in [1.54, 1.807) is 19.4 Å². The van der Waals surface area contributed by atoms with Crippen LogP contribution in [-0.4, -0.2) is 34.9 Å². The van der Waals surface area contributed by atoms with Crippen LogP contribution in [0.2, 0.25) is 0 Å². The summed E-state index contributed by atoms with van der Waals surface area (Å²) in [5, 5.41) is 4.05. The highest BCUT2D eigenvalue weighted by Gasteiger charge is 2.43. The maximum absolute atomic E-state index is 12.2. The van der Waals surface area contributed by atoms with E-state index in [-0.39, 0.29) is 18.1 Å². The van der Waals surface area contributed by atoms with E-state index < -0.39 is 0 Å². The number of nitrogens with one attached hydrogen (secondary N) is 1. The molecular weight excluding hydrogens is 460 g/mol. The van der Waals surface area contributed by atoms with Gasteiger partial charge in [0.05, 0.1) is 37.2 Å². The first-order valence-corrected chi connectivity index (χ1v) is 11.5. The number of carbonyl (C=O) groups excluding carboxylic acids is 1. The van der Waals surface area contributed by atoms with E-state index in [2.05, 4.69) is 25.8 Å². The summed E-state index contributed by atoms with van der Waals surface area (Å²) in [6, 6.07) is 24.6. The largest absolute Gasteiger partial charge is 0.495 e. The van der Waals surface area contributed by atoms with Crippen molar-refractivity contribution < 1.29 is 14.3 Å². The van der Waals surface area contributed by atoms with Crippen LogP contribution in [0.15, 0.2) is 91.3 Å². The number of para-hydroxylation sites is 2. The fourth-order valence-electron chi connectivity index (χ4n) is 4.51. The summed E-state index contributed by atoms with van der Waals surface area (Å²) in [5.41, 5.74) is 4.01. The molecule has 2 atom stereocenters. The molecule has 1 aliphatic heterocycles. The van der Waals surface area contributed by atoms with Gasteiger partial charge in [0.2, 0.25) is 0 Å². The lowest BCUT2D eigenvalue weighted by atomic mass is 10.0. The highest BCUT2D eigenvalue weighted by atomic mass is 32.1. The van der Waals surface area contributed by atoms with Crippen LogP contribution in [0.4, 0.5) is 5.69 Å². The molecule has 3 heterocycles. The van der Waals surface area contributed by atoms with Crippen LogP contribution in [0.1, 0.15) is 33.8 Å². The minimum atomic E-state index is -0.383. The molecule has 2 aromatic heterocycles. The summed E-state index contributed by atoms with van der Waals surface area (Å²) in [6.45, 7) is 0. The Balaban J connectivity index is 1.67. The molecule has 1 aliphatic rings. The summed E-state index contributed by atoms with van der Waals surface area (Å²) in [5.74, 6) is 0.334. The molecule has 1 N–H and O–H groups in total. The fourth-order valence-corrected chi connectivity index (χ4v) is 4.85. The van der Waals surface area contributed by atoms with Crippen molar-refractivity contribution >= 4 is 29.0 Å². The number of ether oxygens (including phenoxy) is 2. The normalized spacial score (nSPS) is 17.2. The Morgan fingerprint density at radius 2 is 1.83 bits per heavy atom. The van der Waals surface area contributed by atoms with Gasteiger partial charge in [0.15, 0.2) is 5.11 Å². The lowest BCUT2D eigenvalue weighted by Crippen LogP contribution is -2.30. The topological polar surface area (TPSA) is 68.6 Å². The number of carbonyl (C=O) groups is 1. The van der Waals surface area contributed by atoms with E-state index in [0.717, 1.165) is 22.8 Å². The predicted octanol–water partition coefficient (Wildman–Crippen LogP) is 4.84. The van der Waals surface area contributed by atoms with E-state index in [4.69, 9.17) is 21.7 Å². The molecule has 0 unspecified atom stereocenters. The Bertz CT molecular complexity index is 1370. The number of pyridine rings is 1. The molecule has 1 saturated heterocycles. The van der Waals surface area contributed by atoms with Crippen molar-refractivity contribution in [2.45, 2.75) is 12.1 Å². The van der Waals surface area contributed by atoms with E-state index >= 15 is 0 Å². The van der Waals surface area contributed by atoms with Crippen LogP contribution in [0, 0.1) is 0 Å². The molecule has 4 aromatic rings. The molecule has 7 nitrogen and oxygen atoms in total. The van der Waals surface area contributed by atoms with Gasteiger partial charge < -0.3 is 24.3 Å². The smallest absolute Gasteiger partial charge is 0.337 e. The number of thiocarbonyl (C=S) groups is 1. The molecule has 0 radical (unpaired) electrons. The van der Waals surface area contributed by atoms with E-state index in [1.807, 2.05) is 72.9 Å². The van der Waals surface area contributed by atoms with Crippen LogP contribution in [-0.2, 0) is 4.74 Å². The minimum absolute atomic E-state index is 0.217. The molecule has 8 heteroatoms. The summed E-state index contributed by atoms with van der Waals surface area (Å²) in [6.07, 6.45) is 3.75. The van der Waals surface area contributed by atoms with Crippen LogP contribution < -0.4 is 15.0 Å². The number of benzene rings is 2. The highest BCUT2D eigenvalue weighted by Crippen LogP contribution is 2.44. The van der Waals surface area contributed by atoms with Crippen molar-refractivity contribution in [3.63, 3.8) is 0 Å². The zero-order valence-corrected chi connectivity index (χ0v) is 20.1. The van der Waals surface area contributed by atoms with Crippen LogP contribution in [0.5, 0.6) is 5.75 Å². The SMILES string of the molecule is COC(=O)c1cccc(-n2cccc2[C@@H]2[C@H](c3ccccn3)NC(=S)N2c2ccccc2OC)c1. The number of hydrogen-bond acceptors (Lipinski definition) is 5. The van der Waals surface area contributed by atoms with Crippen molar-refractivity contribution in [3.05, 3.63) is 108 Å². The Labute approximate surface area is 208 Å². The number of anilines is 1. The summed E-state index contributed by atoms with van der Waals surface area (Å²) < 4.78 is 12.7. The zero-order chi connectivity index (χ0) is 24.4. The molecule has 0 saturated carbocycles. The average molecular weight is 485 g/mol. The molecule has 0 amide bonds. The van der Waals surface area contributed by atoms with Crippen LogP contribution >= 0.6 is 12.2 Å². The average Bonchev–Trinajstić information content (AvgIpc) is 3.53. The zero-order valence-electron chi connectivity index (χ0n) is 19.3. The second kappa shape index (κ2) is 9.60. The lowest BCUT2D eigenvalue weighted by Gasteiger charge is -2.30.